The minimum atomic E-state index is -1.14. The van der Waals surface area contributed by atoms with E-state index >= 15 is 0 Å². The number of nitriles is 1. The van der Waals surface area contributed by atoms with Gasteiger partial charge in [0.1, 0.15) is 23.2 Å². The van der Waals surface area contributed by atoms with Crippen LogP contribution in [-0.2, 0) is 19.0 Å². The standard InChI is InChI=1S/C30H37N7O7/c1-17-11-12-18-19(15-17)36(25(39)42-28(2,3)4)24(33-18)22-23(32-16-20(35-22)34-21(38)13-14-31)37(26(40)43-29(5,6)7)27(41)44-30(8,9)10/h11-12,15-16H,13H2,1-10H3,(H,34,35,38). The fraction of sp³-hybridized carbons (Fsp3) is 0.467. The third kappa shape index (κ3) is 8.50. The van der Waals surface area contributed by atoms with Gasteiger partial charge in [-0.2, -0.15) is 10.2 Å². The topological polar surface area (TPSA) is 179 Å². The number of hydrogen-bond acceptors (Lipinski definition) is 11. The second-order valence-corrected chi connectivity index (χ2v) is 12.8. The van der Waals surface area contributed by atoms with Gasteiger partial charge < -0.3 is 19.5 Å². The number of fused-ring (bicyclic) bond motifs is 1. The van der Waals surface area contributed by atoms with E-state index < -0.39 is 53.2 Å². The van der Waals surface area contributed by atoms with Gasteiger partial charge in [0, 0.05) is 0 Å². The van der Waals surface area contributed by atoms with Crippen molar-refractivity contribution in [3.8, 4) is 17.6 Å². The quantitative estimate of drug-likeness (QED) is 0.338. The number of hydrogen-bond donors (Lipinski definition) is 1. The zero-order chi connectivity index (χ0) is 33.2. The summed E-state index contributed by atoms with van der Waals surface area (Å²) in [5, 5.41) is 11.4. The van der Waals surface area contributed by atoms with Crippen LogP contribution in [0.25, 0.3) is 22.6 Å². The van der Waals surface area contributed by atoms with Gasteiger partial charge in [0.25, 0.3) is 0 Å². The molecular formula is C30H37N7O7. The summed E-state index contributed by atoms with van der Waals surface area (Å²) in [4.78, 5) is 66.9. The molecule has 2 aromatic heterocycles. The number of carbonyl (C=O) groups is 4. The number of benzene rings is 1. The van der Waals surface area contributed by atoms with Crippen LogP contribution in [0.2, 0.25) is 0 Å². The average Bonchev–Trinajstić information content (AvgIpc) is 3.20. The molecule has 0 aliphatic heterocycles. The highest BCUT2D eigenvalue weighted by Gasteiger charge is 2.38. The molecule has 0 spiro atoms. The van der Waals surface area contributed by atoms with E-state index in [1.54, 1.807) is 86.6 Å². The van der Waals surface area contributed by atoms with Crippen LogP contribution in [0.4, 0.5) is 26.0 Å². The first-order valence-electron chi connectivity index (χ1n) is 13.7. The molecule has 0 aliphatic rings. The van der Waals surface area contributed by atoms with E-state index in [9.17, 15) is 19.2 Å². The van der Waals surface area contributed by atoms with Gasteiger partial charge in [0.05, 0.1) is 23.3 Å². The van der Waals surface area contributed by atoms with Crippen LogP contribution in [0.3, 0.4) is 0 Å². The molecule has 2 heterocycles. The summed E-state index contributed by atoms with van der Waals surface area (Å²) in [6.07, 6.45) is -2.50. The van der Waals surface area contributed by atoms with E-state index in [1.807, 2.05) is 6.92 Å². The number of rotatable bonds is 4. The molecule has 0 unspecified atom stereocenters. The maximum atomic E-state index is 13.7. The van der Waals surface area contributed by atoms with Crippen molar-refractivity contribution in [2.75, 3.05) is 10.2 Å². The van der Waals surface area contributed by atoms with Gasteiger partial charge in [-0.1, -0.05) is 6.07 Å². The molecule has 3 aromatic rings. The van der Waals surface area contributed by atoms with Crippen molar-refractivity contribution in [1.82, 2.24) is 19.5 Å². The molecule has 1 N–H and O–H groups in total. The summed E-state index contributed by atoms with van der Waals surface area (Å²) in [7, 11) is 0. The molecule has 44 heavy (non-hydrogen) atoms. The van der Waals surface area contributed by atoms with E-state index in [2.05, 4.69) is 20.3 Å². The number of ether oxygens (including phenoxy) is 3. The third-order valence-electron chi connectivity index (χ3n) is 5.22. The lowest BCUT2D eigenvalue weighted by Gasteiger charge is -2.28. The molecule has 0 bridgehead atoms. The normalized spacial score (nSPS) is 11.8. The summed E-state index contributed by atoms with van der Waals surface area (Å²) in [5.74, 6) is -1.39. The van der Waals surface area contributed by atoms with Crippen LogP contribution >= 0.6 is 0 Å². The van der Waals surface area contributed by atoms with Crippen molar-refractivity contribution in [3.05, 3.63) is 30.0 Å². The largest absolute Gasteiger partial charge is 0.443 e. The van der Waals surface area contributed by atoms with Crippen molar-refractivity contribution in [2.45, 2.75) is 92.5 Å². The van der Waals surface area contributed by atoms with E-state index in [0.717, 1.165) is 16.3 Å². The summed E-state index contributed by atoms with van der Waals surface area (Å²) >= 11 is 0. The van der Waals surface area contributed by atoms with Crippen LogP contribution in [0.5, 0.6) is 0 Å². The van der Waals surface area contributed by atoms with Gasteiger partial charge in [-0.15, -0.1) is 0 Å². The lowest BCUT2D eigenvalue weighted by molar-refractivity contribution is -0.115. The van der Waals surface area contributed by atoms with Crippen molar-refractivity contribution in [1.29, 1.82) is 5.26 Å². The molecule has 0 atom stereocenters. The molecule has 3 rings (SSSR count). The molecular weight excluding hydrogens is 570 g/mol. The van der Waals surface area contributed by atoms with Crippen LogP contribution in [0.1, 0.15) is 74.3 Å². The van der Waals surface area contributed by atoms with E-state index in [4.69, 9.17) is 19.5 Å². The summed E-state index contributed by atoms with van der Waals surface area (Å²) < 4.78 is 17.9. The second kappa shape index (κ2) is 12.3. The molecule has 0 fully saturated rings. The average molecular weight is 608 g/mol. The highest BCUT2D eigenvalue weighted by molar-refractivity contribution is 6.11. The monoisotopic (exact) mass is 607 g/mol. The Morgan fingerprint density at radius 3 is 2.00 bits per heavy atom. The Morgan fingerprint density at radius 2 is 1.48 bits per heavy atom. The predicted molar refractivity (Wildman–Crippen MR) is 161 cm³/mol. The van der Waals surface area contributed by atoms with E-state index in [-0.39, 0.29) is 17.3 Å². The Morgan fingerprint density at radius 1 is 0.909 bits per heavy atom. The van der Waals surface area contributed by atoms with Crippen molar-refractivity contribution < 1.29 is 33.4 Å². The lowest BCUT2D eigenvalue weighted by Crippen LogP contribution is -2.44. The molecule has 234 valence electrons. The number of carbonyl (C=O) groups excluding carboxylic acids is 4. The Balaban J connectivity index is 2.41. The highest BCUT2D eigenvalue weighted by atomic mass is 16.6. The number of imide groups is 1. The minimum Gasteiger partial charge on any atom is -0.443 e. The molecule has 1 aromatic carbocycles. The SMILES string of the molecule is Cc1ccc2nc(-c3nc(NC(=O)CC#N)cnc3N(C(=O)OC(C)(C)C)C(=O)OC(C)(C)C)n(C(=O)OC(C)(C)C)c2c1. The van der Waals surface area contributed by atoms with E-state index in [1.165, 1.54) is 0 Å². The van der Waals surface area contributed by atoms with Gasteiger partial charge >= 0.3 is 18.3 Å². The molecule has 14 heteroatoms. The Kier molecular flexibility index (Phi) is 9.33. The fourth-order valence-corrected chi connectivity index (χ4v) is 3.71. The number of aryl methyl sites for hydroxylation is 1. The zero-order valence-electron chi connectivity index (χ0n) is 26.6. The summed E-state index contributed by atoms with van der Waals surface area (Å²) in [6, 6.07) is 6.92. The molecule has 0 radical (unpaired) electrons. The first-order chi connectivity index (χ1) is 20.2. The minimum absolute atomic E-state index is 0.142. The van der Waals surface area contributed by atoms with Gasteiger partial charge in [-0.05, 0) is 86.9 Å². The number of nitrogens with one attached hydrogen (secondary N) is 1. The molecule has 0 aliphatic carbocycles. The molecule has 0 saturated carbocycles. The van der Waals surface area contributed by atoms with Crippen LogP contribution in [0, 0.1) is 18.3 Å². The number of anilines is 2. The summed E-state index contributed by atoms with van der Waals surface area (Å²) in [6.45, 7) is 16.6. The molecule has 14 nitrogen and oxygen atoms in total. The first kappa shape index (κ1) is 33.4. The van der Waals surface area contributed by atoms with Crippen LogP contribution in [-0.4, -0.2) is 60.5 Å². The predicted octanol–water partition coefficient (Wildman–Crippen LogP) is 6.11. The number of nitrogens with zero attached hydrogens (tertiary/aromatic N) is 6. The van der Waals surface area contributed by atoms with Crippen molar-refractivity contribution >= 4 is 46.9 Å². The maximum Gasteiger partial charge on any atom is 0.425 e. The van der Waals surface area contributed by atoms with Gasteiger partial charge in [0.2, 0.25) is 5.91 Å². The van der Waals surface area contributed by atoms with Crippen LogP contribution in [0.15, 0.2) is 24.4 Å². The number of aromatic nitrogens is 4. The van der Waals surface area contributed by atoms with Gasteiger partial charge in [-0.25, -0.2) is 33.9 Å². The smallest absolute Gasteiger partial charge is 0.425 e. The maximum absolute atomic E-state index is 13.7. The van der Waals surface area contributed by atoms with Crippen molar-refractivity contribution in [3.63, 3.8) is 0 Å². The molecule has 0 saturated heterocycles. The highest BCUT2D eigenvalue weighted by Crippen LogP contribution is 2.34. The third-order valence-corrected chi connectivity index (χ3v) is 5.22. The Labute approximate surface area is 255 Å². The Bertz CT molecular complexity index is 1620. The van der Waals surface area contributed by atoms with Gasteiger partial charge in [-0.3, -0.25) is 4.79 Å². The molecule has 3 amide bonds. The fourth-order valence-electron chi connectivity index (χ4n) is 3.71. The van der Waals surface area contributed by atoms with Crippen LogP contribution < -0.4 is 10.2 Å². The summed E-state index contributed by atoms with van der Waals surface area (Å²) in [5.41, 5.74) is -1.71. The van der Waals surface area contributed by atoms with E-state index in [0.29, 0.717) is 15.9 Å². The van der Waals surface area contributed by atoms with Gasteiger partial charge in [0.15, 0.2) is 23.2 Å². The lowest BCUT2D eigenvalue weighted by atomic mass is 10.2. The number of imidazole rings is 1. The number of amides is 3. The first-order valence-corrected chi connectivity index (χ1v) is 13.7. The zero-order valence-corrected chi connectivity index (χ0v) is 26.6. The van der Waals surface area contributed by atoms with Crippen molar-refractivity contribution in [2.24, 2.45) is 0 Å². The second-order valence-electron chi connectivity index (χ2n) is 12.8. The Hall–Kier alpha value is -5.06.